The fourth-order valence-electron chi connectivity index (χ4n) is 3.32. The Kier molecular flexibility index (Phi) is 4.77. The van der Waals surface area contributed by atoms with E-state index in [0.717, 1.165) is 34.2 Å². The molecule has 1 unspecified atom stereocenters. The number of ether oxygens (including phenoxy) is 1. The van der Waals surface area contributed by atoms with E-state index in [-0.39, 0.29) is 11.6 Å². The maximum Gasteiger partial charge on any atom is 0.260 e. The number of aromatic nitrogens is 2. The molecule has 0 saturated carbocycles. The number of benzene rings is 1. The number of fused-ring (bicyclic) bond motifs is 3. The molecule has 25 heavy (non-hydrogen) atoms. The van der Waals surface area contributed by atoms with E-state index in [0.29, 0.717) is 17.9 Å². The number of rotatable bonds is 5. The Morgan fingerprint density at radius 2 is 2.00 bits per heavy atom. The topological polar surface area (TPSA) is 70.1 Å². The van der Waals surface area contributed by atoms with Gasteiger partial charge in [-0.05, 0) is 42.8 Å². The zero-order valence-corrected chi connectivity index (χ0v) is 15.2. The summed E-state index contributed by atoms with van der Waals surface area (Å²) in [6.45, 7) is 6.62. The largest absolute Gasteiger partial charge is 0.492 e. The standard InChI is InChI=1S/C20H25N3O2/c1-12(2)9-14(21)11-25-15-5-6-16-17-7-8-22-13(3)19(17)20(24)23(4)18(16)10-15/h5-8,10,12,14H,9,11,21H2,1-4H3. The summed E-state index contributed by atoms with van der Waals surface area (Å²) in [4.78, 5) is 17.0. The molecule has 2 heterocycles. The van der Waals surface area contributed by atoms with Crippen molar-refractivity contribution in [3.8, 4) is 5.75 Å². The van der Waals surface area contributed by atoms with Crippen LogP contribution in [0.4, 0.5) is 0 Å². The van der Waals surface area contributed by atoms with Crippen LogP contribution in [0.15, 0.2) is 35.3 Å². The smallest absolute Gasteiger partial charge is 0.260 e. The SMILES string of the molecule is Cc1nccc2c1c(=O)n(C)c1cc(OCC(N)CC(C)C)ccc21. The third-order valence-corrected chi connectivity index (χ3v) is 4.52. The lowest BCUT2D eigenvalue weighted by Crippen LogP contribution is -2.29. The Balaban J connectivity index is 2.02. The number of nitrogens with zero attached hydrogens (tertiary/aromatic N) is 2. The van der Waals surface area contributed by atoms with Gasteiger partial charge in [-0.1, -0.05) is 13.8 Å². The molecule has 2 aromatic heterocycles. The van der Waals surface area contributed by atoms with Gasteiger partial charge in [0.1, 0.15) is 12.4 Å². The van der Waals surface area contributed by atoms with Crippen LogP contribution in [-0.2, 0) is 7.05 Å². The Labute approximate surface area is 147 Å². The Morgan fingerprint density at radius 3 is 2.72 bits per heavy atom. The molecule has 0 radical (unpaired) electrons. The highest BCUT2D eigenvalue weighted by Crippen LogP contribution is 2.27. The van der Waals surface area contributed by atoms with Gasteiger partial charge < -0.3 is 15.0 Å². The zero-order valence-electron chi connectivity index (χ0n) is 15.2. The maximum absolute atomic E-state index is 12.7. The van der Waals surface area contributed by atoms with Crippen LogP contribution in [0.25, 0.3) is 21.7 Å². The molecule has 0 bridgehead atoms. The Bertz CT molecular complexity index is 976. The average molecular weight is 339 g/mol. The summed E-state index contributed by atoms with van der Waals surface area (Å²) >= 11 is 0. The number of aryl methyl sites for hydroxylation is 2. The highest BCUT2D eigenvalue weighted by Gasteiger charge is 2.12. The van der Waals surface area contributed by atoms with E-state index in [2.05, 4.69) is 18.8 Å². The molecule has 0 saturated heterocycles. The highest BCUT2D eigenvalue weighted by molar-refractivity contribution is 6.06. The molecule has 0 aliphatic heterocycles. The first kappa shape index (κ1) is 17.4. The normalized spacial score (nSPS) is 12.9. The molecular formula is C20H25N3O2. The first-order valence-corrected chi connectivity index (χ1v) is 8.65. The lowest BCUT2D eigenvalue weighted by Gasteiger charge is -2.16. The van der Waals surface area contributed by atoms with E-state index in [4.69, 9.17) is 10.5 Å². The summed E-state index contributed by atoms with van der Waals surface area (Å²) in [5.74, 6) is 1.27. The molecule has 132 valence electrons. The third kappa shape index (κ3) is 3.37. The van der Waals surface area contributed by atoms with Crippen LogP contribution in [-0.4, -0.2) is 22.2 Å². The van der Waals surface area contributed by atoms with Gasteiger partial charge in [0, 0.05) is 30.7 Å². The quantitative estimate of drug-likeness (QED) is 0.725. The number of nitrogens with two attached hydrogens (primary N) is 1. The second-order valence-electron chi connectivity index (χ2n) is 7.06. The Hall–Kier alpha value is -2.40. The van der Waals surface area contributed by atoms with E-state index in [1.165, 1.54) is 0 Å². The van der Waals surface area contributed by atoms with Gasteiger partial charge in [-0.3, -0.25) is 9.78 Å². The van der Waals surface area contributed by atoms with Crippen LogP contribution in [0, 0.1) is 12.8 Å². The van der Waals surface area contributed by atoms with Gasteiger partial charge in [-0.25, -0.2) is 0 Å². The van der Waals surface area contributed by atoms with Crippen LogP contribution in [0.3, 0.4) is 0 Å². The fraction of sp³-hybridized carbons (Fsp3) is 0.400. The lowest BCUT2D eigenvalue weighted by molar-refractivity contribution is 0.271. The molecule has 0 spiro atoms. The summed E-state index contributed by atoms with van der Waals surface area (Å²) in [5.41, 5.74) is 7.65. The number of hydrogen-bond donors (Lipinski definition) is 1. The van der Waals surface area contributed by atoms with Crippen molar-refractivity contribution in [3.63, 3.8) is 0 Å². The summed E-state index contributed by atoms with van der Waals surface area (Å²) in [5, 5.41) is 2.61. The molecule has 1 aromatic carbocycles. The minimum Gasteiger partial charge on any atom is -0.492 e. The van der Waals surface area contributed by atoms with Crippen LogP contribution in [0.5, 0.6) is 5.75 Å². The third-order valence-electron chi connectivity index (χ3n) is 4.52. The lowest BCUT2D eigenvalue weighted by atomic mass is 10.1. The van der Waals surface area contributed by atoms with Crippen LogP contribution >= 0.6 is 0 Å². The van der Waals surface area contributed by atoms with Gasteiger partial charge in [-0.2, -0.15) is 0 Å². The fourth-order valence-corrected chi connectivity index (χ4v) is 3.32. The summed E-state index contributed by atoms with van der Waals surface area (Å²) in [7, 11) is 1.78. The number of hydrogen-bond acceptors (Lipinski definition) is 4. The molecule has 5 heteroatoms. The average Bonchev–Trinajstić information content (AvgIpc) is 2.57. The van der Waals surface area contributed by atoms with Crippen molar-refractivity contribution in [1.29, 1.82) is 0 Å². The molecule has 1 atom stereocenters. The Morgan fingerprint density at radius 1 is 1.24 bits per heavy atom. The van der Waals surface area contributed by atoms with E-state index < -0.39 is 0 Å². The number of pyridine rings is 2. The highest BCUT2D eigenvalue weighted by atomic mass is 16.5. The van der Waals surface area contributed by atoms with Gasteiger partial charge in [0.25, 0.3) is 5.56 Å². The predicted octanol–water partition coefficient (Wildman–Crippen LogP) is 3.15. The van der Waals surface area contributed by atoms with E-state index >= 15 is 0 Å². The second-order valence-corrected chi connectivity index (χ2v) is 7.06. The van der Waals surface area contributed by atoms with Crippen LogP contribution < -0.4 is 16.0 Å². The molecule has 3 aromatic rings. The van der Waals surface area contributed by atoms with Crippen molar-refractivity contribution < 1.29 is 4.74 Å². The molecule has 0 amide bonds. The van der Waals surface area contributed by atoms with Crippen molar-refractivity contribution in [2.24, 2.45) is 18.7 Å². The second kappa shape index (κ2) is 6.84. The molecule has 2 N–H and O–H groups in total. The van der Waals surface area contributed by atoms with Crippen LogP contribution in [0.1, 0.15) is 26.0 Å². The first-order valence-electron chi connectivity index (χ1n) is 8.65. The molecular weight excluding hydrogens is 314 g/mol. The van der Waals surface area contributed by atoms with E-state index in [9.17, 15) is 4.79 Å². The van der Waals surface area contributed by atoms with Gasteiger partial charge in [0.2, 0.25) is 0 Å². The monoisotopic (exact) mass is 339 g/mol. The molecule has 3 rings (SSSR count). The minimum atomic E-state index is -0.0400. The summed E-state index contributed by atoms with van der Waals surface area (Å²) in [6, 6.07) is 7.74. The molecule has 0 fully saturated rings. The van der Waals surface area contributed by atoms with Crippen LogP contribution in [0.2, 0.25) is 0 Å². The van der Waals surface area contributed by atoms with Gasteiger partial charge >= 0.3 is 0 Å². The first-order chi connectivity index (χ1) is 11.9. The molecule has 0 aliphatic carbocycles. The predicted molar refractivity (Wildman–Crippen MR) is 102 cm³/mol. The van der Waals surface area contributed by atoms with Crippen molar-refractivity contribution in [1.82, 2.24) is 9.55 Å². The van der Waals surface area contributed by atoms with Gasteiger partial charge in [0.05, 0.1) is 16.6 Å². The van der Waals surface area contributed by atoms with E-state index in [1.54, 1.807) is 17.8 Å². The van der Waals surface area contributed by atoms with Gasteiger partial charge in [-0.15, -0.1) is 0 Å². The summed E-state index contributed by atoms with van der Waals surface area (Å²) < 4.78 is 7.51. The maximum atomic E-state index is 12.7. The van der Waals surface area contributed by atoms with Gasteiger partial charge in [0.15, 0.2) is 0 Å². The van der Waals surface area contributed by atoms with E-state index in [1.807, 2.05) is 31.2 Å². The van der Waals surface area contributed by atoms with Crippen molar-refractivity contribution in [2.45, 2.75) is 33.2 Å². The summed E-state index contributed by atoms with van der Waals surface area (Å²) in [6.07, 6.45) is 2.66. The molecule has 5 nitrogen and oxygen atoms in total. The van der Waals surface area contributed by atoms with Crippen molar-refractivity contribution in [3.05, 3.63) is 46.5 Å². The minimum absolute atomic E-state index is 0.00449. The van der Waals surface area contributed by atoms with Crippen molar-refractivity contribution in [2.75, 3.05) is 6.61 Å². The molecule has 0 aliphatic rings. The zero-order chi connectivity index (χ0) is 18.1. The van der Waals surface area contributed by atoms with Crippen molar-refractivity contribution >= 4 is 21.7 Å².